The van der Waals surface area contributed by atoms with Crippen LogP contribution in [0.15, 0.2) is 35.2 Å². The summed E-state index contributed by atoms with van der Waals surface area (Å²) in [4.78, 5) is 30.4. The molecule has 1 fully saturated rings. The van der Waals surface area contributed by atoms with Gasteiger partial charge in [-0.3, -0.25) is 9.59 Å². The maximum Gasteiger partial charge on any atom is 0.254 e. The van der Waals surface area contributed by atoms with E-state index in [-0.39, 0.29) is 30.3 Å². The Hall–Kier alpha value is -2.45. The molecule has 2 heterocycles. The predicted molar refractivity (Wildman–Crippen MR) is 102 cm³/mol. The summed E-state index contributed by atoms with van der Waals surface area (Å²) in [6.45, 7) is 1.49. The number of piperidine rings is 1. The lowest BCUT2D eigenvalue weighted by atomic mass is 10.00. The number of carbonyl (C=O) groups excluding carboxylic acids is 2. The number of nitrogens with two attached hydrogens (primary N) is 1. The second-order valence-corrected chi connectivity index (χ2v) is 6.32. The molecule has 0 radical (unpaired) electrons. The molecule has 1 unspecified atom stereocenters. The van der Waals surface area contributed by atoms with E-state index in [2.05, 4.69) is 15.5 Å². The van der Waals surface area contributed by atoms with E-state index in [1.165, 1.54) is 6.39 Å². The maximum atomic E-state index is 12.9. The van der Waals surface area contributed by atoms with Crippen LogP contribution in [-0.2, 0) is 4.79 Å². The minimum Gasteiger partial charge on any atom is -0.354 e. The third kappa shape index (κ3) is 5.27. The SMILES string of the molecule is Cl.NCCC(=O)NCC1CCCCN1C(=O)c1ccc(-c2ncon2)cc1. The third-order valence-electron chi connectivity index (χ3n) is 4.55. The molecule has 1 aliphatic rings. The van der Waals surface area contributed by atoms with Gasteiger partial charge in [0, 0.05) is 43.2 Å². The Morgan fingerprint density at radius 1 is 1.26 bits per heavy atom. The molecule has 2 amide bonds. The van der Waals surface area contributed by atoms with Crippen molar-refractivity contribution in [2.45, 2.75) is 31.7 Å². The van der Waals surface area contributed by atoms with Crippen molar-refractivity contribution in [3.63, 3.8) is 0 Å². The molecular weight excluding hydrogens is 370 g/mol. The van der Waals surface area contributed by atoms with E-state index < -0.39 is 0 Å². The molecule has 0 spiro atoms. The Bertz CT molecular complexity index is 736. The average molecular weight is 394 g/mol. The van der Waals surface area contributed by atoms with Gasteiger partial charge in [-0.15, -0.1) is 12.4 Å². The van der Waals surface area contributed by atoms with Crippen LogP contribution in [0.1, 0.15) is 36.0 Å². The highest BCUT2D eigenvalue weighted by atomic mass is 35.5. The maximum absolute atomic E-state index is 12.9. The zero-order chi connectivity index (χ0) is 18.4. The van der Waals surface area contributed by atoms with E-state index in [4.69, 9.17) is 10.3 Å². The van der Waals surface area contributed by atoms with Gasteiger partial charge in [-0.25, -0.2) is 0 Å². The minimum atomic E-state index is -0.0741. The van der Waals surface area contributed by atoms with Gasteiger partial charge < -0.3 is 20.5 Å². The van der Waals surface area contributed by atoms with Crippen molar-refractivity contribution < 1.29 is 14.1 Å². The molecule has 1 atom stereocenters. The number of hydrogen-bond donors (Lipinski definition) is 2. The van der Waals surface area contributed by atoms with E-state index in [9.17, 15) is 9.59 Å². The largest absolute Gasteiger partial charge is 0.354 e. The van der Waals surface area contributed by atoms with Crippen LogP contribution in [0.2, 0.25) is 0 Å². The van der Waals surface area contributed by atoms with Crippen molar-refractivity contribution in [2.24, 2.45) is 5.73 Å². The van der Waals surface area contributed by atoms with Crippen LogP contribution in [0.5, 0.6) is 0 Å². The Morgan fingerprint density at radius 3 is 2.70 bits per heavy atom. The number of carbonyl (C=O) groups is 2. The molecule has 1 aromatic heterocycles. The zero-order valence-electron chi connectivity index (χ0n) is 15.0. The average Bonchev–Trinajstić information content (AvgIpc) is 3.21. The van der Waals surface area contributed by atoms with Crippen molar-refractivity contribution in [2.75, 3.05) is 19.6 Å². The molecule has 0 saturated carbocycles. The lowest BCUT2D eigenvalue weighted by molar-refractivity contribution is -0.121. The zero-order valence-corrected chi connectivity index (χ0v) is 15.8. The van der Waals surface area contributed by atoms with E-state index in [0.717, 1.165) is 24.8 Å². The van der Waals surface area contributed by atoms with Crippen molar-refractivity contribution in [1.82, 2.24) is 20.4 Å². The van der Waals surface area contributed by atoms with E-state index in [1.54, 1.807) is 24.3 Å². The summed E-state index contributed by atoms with van der Waals surface area (Å²) in [5.74, 6) is 0.389. The number of hydrogen-bond acceptors (Lipinski definition) is 6. The summed E-state index contributed by atoms with van der Waals surface area (Å²) in [6.07, 6.45) is 4.48. The fourth-order valence-corrected chi connectivity index (χ4v) is 3.16. The highest BCUT2D eigenvalue weighted by molar-refractivity contribution is 5.95. The number of amides is 2. The van der Waals surface area contributed by atoms with Crippen LogP contribution in [0, 0.1) is 0 Å². The Morgan fingerprint density at radius 2 is 2.04 bits per heavy atom. The summed E-state index contributed by atoms with van der Waals surface area (Å²) in [5.41, 5.74) is 6.80. The molecule has 1 saturated heterocycles. The van der Waals surface area contributed by atoms with E-state index in [0.29, 0.717) is 37.4 Å². The summed E-state index contributed by atoms with van der Waals surface area (Å²) in [5, 5.41) is 6.67. The molecule has 8 nitrogen and oxygen atoms in total. The monoisotopic (exact) mass is 393 g/mol. The topological polar surface area (TPSA) is 114 Å². The second-order valence-electron chi connectivity index (χ2n) is 6.32. The first-order valence-electron chi connectivity index (χ1n) is 8.83. The van der Waals surface area contributed by atoms with Gasteiger partial charge in [-0.2, -0.15) is 4.98 Å². The van der Waals surface area contributed by atoms with Gasteiger partial charge >= 0.3 is 0 Å². The van der Waals surface area contributed by atoms with Gasteiger partial charge in [-0.05, 0) is 31.4 Å². The first kappa shape index (κ1) is 20.9. The number of benzene rings is 1. The van der Waals surface area contributed by atoms with E-state index in [1.807, 2.05) is 4.90 Å². The highest BCUT2D eigenvalue weighted by Crippen LogP contribution is 2.21. The first-order valence-corrected chi connectivity index (χ1v) is 8.83. The number of nitrogens with one attached hydrogen (secondary N) is 1. The van der Waals surface area contributed by atoms with Gasteiger partial charge in [0.2, 0.25) is 18.1 Å². The van der Waals surface area contributed by atoms with Crippen LogP contribution < -0.4 is 11.1 Å². The highest BCUT2D eigenvalue weighted by Gasteiger charge is 2.27. The van der Waals surface area contributed by atoms with Crippen molar-refractivity contribution in [3.8, 4) is 11.4 Å². The van der Waals surface area contributed by atoms with Crippen molar-refractivity contribution in [1.29, 1.82) is 0 Å². The van der Waals surface area contributed by atoms with E-state index >= 15 is 0 Å². The first-order chi connectivity index (χ1) is 12.7. The molecule has 3 N–H and O–H groups in total. The number of rotatable bonds is 6. The normalized spacial score (nSPS) is 16.5. The van der Waals surface area contributed by atoms with Gasteiger partial charge in [0.05, 0.1) is 0 Å². The molecule has 9 heteroatoms. The van der Waals surface area contributed by atoms with Crippen LogP contribution in [0.25, 0.3) is 11.4 Å². The standard InChI is InChI=1S/C18H23N5O3.ClH/c19-9-8-16(24)20-11-15-3-1-2-10-23(15)18(25)14-6-4-13(5-7-14)17-21-12-26-22-17;/h4-7,12,15H,1-3,8-11,19H2,(H,20,24);1H. The molecule has 0 bridgehead atoms. The van der Waals surface area contributed by atoms with Crippen molar-refractivity contribution in [3.05, 3.63) is 36.2 Å². The fourth-order valence-electron chi connectivity index (χ4n) is 3.16. The molecule has 27 heavy (non-hydrogen) atoms. The van der Waals surface area contributed by atoms with Crippen LogP contribution in [0.4, 0.5) is 0 Å². The number of halogens is 1. The fraction of sp³-hybridized carbons (Fsp3) is 0.444. The van der Waals surface area contributed by atoms with Gasteiger partial charge in [0.15, 0.2) is 0 Å². The van der Waals surface area contributed by atoms with Crippen LogP contribution >= 0.6 is 12.4 Å². The van der Waals surface area contributed by atoms with Crippen LogP contribution in [0.3, 0.4) is 0 Å². The lowest BCUT2D eigenvalue weighted by Crippen LogP contribution is -2.49. The quantitative estimate of drug-likeness (QED) is 0.770. The summed E-state index contributed by atoms with van der Waals surface area (Å²) in [6, 6.07) is 7.16. The summed E-state index contributed by atoms with van der Waals surface area (Å²) in [7, 11) is 0. The Kier molecular flexibility index (Phi) is 7.75. The number of aromatic nitrogens is 2. The molecule has 1 aliphatic heterocycles. The Labute approximate surface area is 163 Å². The summed E-state index contributed by atoms with van der Waals surface area (Å²) >= 11 is 0. The Balaban J connectivity index is 0.00000261. The minimum absolute atomic E-state index is 0. The molecule has 0 aliphatic carbocycles. The smallest absolute Gasteiger partial charge is 0.254 e. The van der Waals surface area contributed by atoms with Gasteiger partial charge in [0.25, 0.3) is 5.91 Å². The predicted octanol–water partition coefficient (Wildman–Crippen LogP) is 1.62. The number of nitrogens with zero attached hydrogens (tertiary/aromatic N) is 3. The lowest BCUT2D eigenvalue weighted by Gasteiger charge is -2.36. The molecule has 3 rings (SSSR count). The number of likely N-dealkylation sites (tertiary alicyclic amines) is 1. The van der Waals surface area contributed by atoms with Crippen molar-refractivity contribution >= 4 is 24.2 Å². The molecular formula is C18H24ClN5O3. The van der Waals surface area contributed by atoms with Gasteiger partial charge in [0.1, 0.15) is 0 Å². The molecule has 146 valence electrons. The summed E-state index contributed by atoms with van der Waals surface area (Å²) < 4.78 is 4.74. The second kappa shape index (κ2) is 10.0. The van der Waals surface area contributed by atoms with Gasteiger partial charge in [-0.1, -0.05) is 17.3 Å². The molecule has 2 aromatic rings. The van der Waals surface area contributed by atoms with Crippen LogP contribution in [-0.4, -0.2) is 52.5 Å². The molecule has 1 aromatic carbocycles. The third-order valence-corrected chi connectivity index (χ3v) is 4.55.